The van der Waals surface area contributed by atoms with Gasteiger partial charge in [-0.1, -0.05) is 44.2 Å². The fraction of sp³-hybridized carbons (Fsp3) is 0.440. The van der Waals surface area contributed by atoms with Crippen LogP contribution in [-0.2, 0) is 26.2 Å². The van der Waals surface area contributed by atoms with Crippen LogP contribution in [0.1, 0.15) is 19.4 Å². The van der Waals surface area contributed by atoms with Gasteiger partial charge in [0.1, 0.15) is 12.3 Å². The maximum Gasteiger partial charge on any atom is 0.265 e. The van der Waals surface area contributed by atoms with Gasteiger partial charge in [-0.05, 0) is 23.8 Å². The normalized spacial score (nSPS) is 16.8. The van der Waals surface area contributed by atoms with E-state index in [0.29, 0.717) is 37.6 Å². The van der Waals surface area contributed by atoms with Crippen molar-refractivity contribution in [3.05, 3.63) is 54.1 Å². The average Bonchev–Trinajstić information content (AvgIpc) is 2.87. The standard InChI is InChI=1S/C25H32N4O5S/c1-3-28(4-2)35(32,33)21-10-11-23-22(16-21)29(25(31)19-34-23)18-24(30)27-14-12-26(13-15-27)17-20-8-6-5-7-9-20/h5-11,16H,3-4,12-15,17-19H2,1-2H3. The molecule has 4 rings (SSSR count). The molecule has 35 heavy (non-hydrogen) atoms. The van der Waals surface area contributed by atoms with Crippen molar-refractivity contribution in [3.8, 4) is 5.75 Å². The topological polar surface area (TPSA) is 90.5 Å². The van der Waals surface area contributed by atoms with Crippen molar-refractivity contribution in [2.24, 2.45) is 0 Å². The number of piperazine rings is 1. The molecule has 0 atom stereocenters. The zero-order valence-corrected chi connectivity index (χ0v) is 21.0. The first-order valence-corrected chi connectivity index (χ1v) is 13.4. The second kappa shape index (κ2) is 10.8. The minimum atomic E-state index is -3.72. The number of ether oxygens (including phenoxy) is 1. The van der Waals surface area contributed by atoms with E-state index in [2.05, 4.69) is 17.0 Å². The van der Waals surface area contributed by atoms with Gasteiger partial charge in [0.2, 0.25) is 15.9 Å². The highest BCUT2D eigenvalue weighted by molar-refractivity contribution is 7.89. The highest BCUT2D eigenvalue weighted by Crippen LogP contribution is 2.35. The number of benzene rings is 2. The van der Waals surface area contributed by atoms with Gasteiger partial charge in [0.25, 0.3) is 5.91 Å². The van der Waals surface area contributed by atoms with Gasteiger partial charge >= 0.3 is 0 Å². The third-order valence-electron chi connectivity index (χ3n) is 6.48. The smallest absolute Gasteiger partial charge is 0.265 e. The Labute approximate surface area is 206 Å². The first-order chi connectivity index (χ1) is 16.8. The van der Waals surface area contributed by atoms with Gasteiger partial charge in [0.05, 0.1) is 10.6 Å². The molecule has 0 radical (unpaired) electrons. The Bertz CT molecular complexity index is 1160. The van der Waals surface area contributed by atoms with Crippen molar-refractivity contribution in [3.63, 3.8) is 0 Å². The lowest BCUT2D eigenvalue weighted by molar-refractivity contribution is -0.133. The second-order valence-corrected chi connectivity index (χ2v) is 10.6. The van der Waals surface area contributed by atoms with Crippen molar-refractivity contribution >= 4 is 27.5 Å². The predicted molar refractivity (Wildman–Crippen MR) is 133 cm³/mol. The predicted octanol–water partition coefficient (Wildman–Crippen LogP) is 1.79. The molecule has 0 saturated carbocycles. The van der Waals surface area contributed by atoms with Gasteiger partial charge in [-0.15, -0.1) is 0 Å². The third kappa shape index (κ3) is 5.50. The highest BCUT2D eigenvalue weighted by Gasteiger charge is 2.32. The Morgan fingerprint density at radius 2 is 1.69 bits per heavy atom. The molecule has 2 heterocycles. The van der Waals surface area contributed by atoms with E-state index in [1.165, 1.54) is 26.9 Å². The summed E-state index contributed by atoms with van der Waals surface area (Å²) < 4.78 is 32.9. The first-order valence-electron chi connectivity index (χ1n) is 11.9. The van der Waals surface area contributed by atoms with E-state index >= 15 is 0 Å². The molecule has 0 aliphatic carbocycles. The van der Waals surface area contributed by atoms with Crippen LogP contribution < -0.4 is 9.64 Å². The number of nitrogens with zero attached hydrogens (tertiary/aromatic N) is 4. The zero-order chi connectivity index (χ0) is 25.0. The van der Waals surface area contributed by atoms with E-state index in [-0.39, 0.29) is 29.9 Å². The summed E-state index contributed by atoms with van der Waals surface area (Å²) in [5, 5.41) is 0. The highest BCUT2D eigenvalue weighted by atomic mass is 32.2. The summed E-state index contributed by atoms with van der Waals surface area (Å²) in [6.45, 7) is 7.38. The van der Waals surface area contributed by atoms with Gasteiger partial charge < -0.3 is 9.64 Å². The molecule has 0 aromatic heterocycles. The quantitative estimate of drug-likeness (QED) is 0.549. The molecular weight excluding hydrogens is 468 g/mol. The molecule has 2 amide bonds. The summed E-state index contributed by atoms with van der Waals surface area (Å²) in [4.78, 5) is 31.3. The molecule has 2 aliphatic heterocycles. The monoisotopic (exact) mass is 500 g/mol. The van der Waals surface area contributed by atoms with Crippen LogP contribution in [0.4, 0.5) is 5.69 Å². The van der Waals surface area contributed by atoms with Crippen molar-refractivity contribution in [1.29, 1.82) is 0 Å². The average molecular weight is 501 g/mol. The molecule has 1 saturated heterocycles. The molecule has 0 bridgehead atoms. The molecule has 0 unspecified atom stereocenters. The van der Waals surface area contributed by atoms with Gasteiger partial charge in [-0.3, -0.25) is 19.4 Å². The third-order valence-corrected chi connectivity index (χ3v) is 8.53. The van der Waals surface area contributed by atoms with Crippen molar-refractivity contribution in [2.75, 3.05) is 57.3 Å². The number of anilines is 1. The van der Waals surface area contributed by atoms with E-state index in [9.17, 15) is 18.0 Å². The minimum Gasteiger partial charge on any atom is -0.482 e. The Morgan fingerprint density at radius 1 is 1.00 bits per heavy atom. The summed E-state index contributed by atoms with van der Waals surface area (Å²) in [5.41, 5.74) is 1.55. The number of amides is 2. The lowest BCUT2D eigenvalue weighted by Gasteiger charge is -2.36. The van der Waals surface area contributed by atoms with Crippen LogP contribution >= 0.6 is 0 Å². The summed E-state index contributed by atoms with van der Waals surface area (Å²) >= 11 is 0. The van der Waals surface area contributed by atoms with Crippen LogP contribution in [0.25, 0.3) is 0 Å². The maximum atomic E-state index is 13.1. The van der Waals surface area contributed by atoms with Crippen LogP contribution in [0.15, 0.2) is 53.4 Å². The Kier molecular flexibility index (Phi) is 7.73. The molecule has 10 heteroatoms. The van der Waals surface area contributed by atoms with E-state index in [4.69, 9.17) is 4.74 Å². The number of rotatable bonds is 8. The Morgan fingerprint density at radius 3 is 2.34 bits per heavy atom. The fourth-order valence-electron chi connectivity index (χ4n) is 4.46. The number of hydrogen-bond acceptors (Lipinski definition) is 6. The lowest BCUT2D eigenvalue weighted by atomic mass is 10.2. The van der Waals surface area contributed by atoms with Gasteiger partial charge in [-0.2, -0.15) is 4.31 Å². The Hall–Kier alpha value is -2.95. The van der Waals surface area contributed by atoms with Gasteiger partial charge in [0, 0.05) is 45.8 Å². The minimum absolute atomic E-state index is 0.0743. The molecule has 188 valence electrons. The number of sulfonamides is 1. The molecular formula is C25H32N4O5S. The largest absolute Gasteiger partial charge is 0.482 e. The van der Waals surface area contributed by atoms with Crippen LogP contribution in [0.2, 0.25) is 0 Å². The summed E-state index contributed by atoms with van der Waals surface area (Å²) in [5.74, 6) is -0.142. The number of carbonyl (C=O) groups excluding carboxylic acids is 2. The number of carbonyl (C=O) groups is 2. The molecule has 9 nitrogen and oxygen atoms in total. The van der Waals surface area contributed by atoms with Crippen molar-refractivity contribution < 1.29 is 22.7 Å². The SMILES string of the molecule is CCN(CC)S(=O)(=O)c1ccc2c(c1)N(CC(=O)N1CCN(Cc3ccccc3)CC1)C(=O)CO2. The molecule has 2 aliphatic rings. The molecule has 2 aromatic carbocycles. The molecule has 1 fully saturated rings. The fourth-order valence-corrected chi connectivity index (χ4v) is 5.94. The summed E-state index contributed by atoms with van der Waals surface area (Å²) in [6.07, 6.45) is 0. The second-order valence-electron chi connectivity index (χ2n) is 8.63. The van der Waals surface area contributed by atoms with Crippen LogP contribution in [0.3, 0.4) is 0 Å². The van der Waals surface area contributed by atoms with E-state index in [0.717, 1.165) is 19.6 Å². The lowest BCUT2D eigenvalue weighted by Crippen LogP contribution is -2.52. The maximum absolute atomic E-state index is 13.1. The van der Waals surface area contributed by atoms with Crippen LogP contribution in [0, 0.1) is 0 Å². The van der Waals surface area contributed by atoms with Gasteiger partial charge in [-0.25, -0.2) is 8.42 Å². The molecule has 0 N–H and O–H groups in total. The van der Waals surface area contributed by atoms with E-state index in [1.54, 1.807) is 24.8 Å². The van der Waals surface area contributed by atoms with E-state index in [1.807, 2.05) is 18.2 Å². The summed E-state index contributed by atoms with van der Waals surface area (Å²) in [6, 6.07) is 14.7. The van der Waals surface area contributed by atoms with Crippen LogP contribution in [0.5, 0.6) is 5.75 Å². The number of fused-ring (bicyclic) bond motifs is 1. The van der Waals surface area contributed by atoms with Gasteiger partial charge in [0.15, 0.2) is 6.61 Å². The zero-order valence-electron chi connectivity index (χ0n) is 20.2. The van der Waals surface area contributed by atoms with Crippen molar-refractivity contribution in [2.45, 2.75) is 25.3 Å². The molecule has 0 spiro atoms. The van der Waals surface area contributed by atoms with Crippen LogP contribution in [-0.4, -0.2) is 86.8 Å². The van der Waals surface area contributed by atoms with Crippen molar-refractivity contribution in [1.82, 2.24) is 14.1 Å². The van der Waals surface area contributed by atoms with E-state index < -0.39 is 10.0 Å². The summed E-state index contributed by atoms with van der Waals surface area (Å²) in [7, 11) is -3.72. The first kappa shape index (κ1) is 25.2. The number of hydrogen-bond donors (Lipinski definition) is 0. The molecule has 2 aromatic rings. The Balaban J connectivity index is 1.45.